The molecule has 2 atom stereocenters. The average Bonchev–Trinajstić information content (AvgIpc) is 2.84. The second kappa shape index (κ2) is 8.19. The van der Waals surface area contributed by atoms with Gasteiger partial charge in [0.1, 0.15) is 5.75 Å². The highest BCUT2D eigenvalue weighted by Gasteiger charge is 2.39. The molecule has 0 spiro atoms. The third-order valence-electron chi connectivity index (χ3n) is 5.70. The Balaban J connectivity index is 1.86. The van der Waals surface area contributed by atoms with Gasteiger partial charge < -0.3 is 9.64 Å². The highest BCUT2D eigenvalue weighted by atomic mass is 32.2. The monoisotopic (exact) mass is 394 g/mol. The van der Waals surface area contributed by atoms with Crippen LogP contribution in [0.5, 0.6) is 5.75 Å². The largest absolute Gasteiger partial charge is 0.480 e. The number of carbonyl (C=O) groups excluding carboxylic acids is 1. The highest BCUT2D eigenvalue weighted by molar-refractivity contribution is 7.89. The molecule has 2 aliphatic rings. The van der Waals surface area contributed by atoms with Crippen molar-refractivity contribution >= 4 is 15.9 Å². The van der Waals surface area contributed by atoms with E-state index in [0.717, 1.165) is 31.2 Å². The SMILES string of the molecule is CCN(CC)C(=O)C1Oc2ccc(S(=O)(=O)N3CCCCCC3)cc2C1C. The number of fused-ring (bicyclic) bond motifs is 1. The first kappa shape index (κ1) is 20.1. The molecular formula is C20H30N2O4S. The molecule has 1 saturated heterocycles. The fourth-order valence-corrected chi connectivity index (χ4v) is 5.52. The van der Waals surface area contributed by atoms with Crippen LogP contribution in [0.3, 0.4) is 0 Å². The number of amides is 1. The lowest BCUT2D eigenvalue weighted by atomic mass is 9.97. The second-order valence-electron chi connectivity index (χ2n) is 7.36. The van der Waals surface area contributed by atoms with Gasteiger partial charge in [-0.3, -0.25) is 4.79 Å². The van der Waals surface area contributed by atoms with Crippen molar-refractivity contribution < 1.29 is 17.9 Å². The number of likely N-dealkylation sites (N-methyl/N-ethyl adjacent to an activating group) is 1. The van der Waals surface area contributed by atoms with Gasteiger partial charge in [-0.1, -0.05) is 19.8 Å². The maximum Gasteiger partial charge on any atom is 0.264 e. The van der Waals surface area contributed by atoms with Crippen molar-refractivity contribution in [3.05, 3.63) is 23.8 Å². The second-order valence-corrected chi connectivity index (χ2v) is 9.29. The molecule has 6 nitrogen and oxygen atoms in total. The van der Waals surface area contributed by atoms with Gasteiger partial charge in [-0.25, -0.2) is 8.42 Å². The highest BCUT2D eigenvalue weighted by Crippen LogP contribution is 2.40. The predicted octanol–water partition coefficient (Wildman–Crippen LogP) is 2.98. The summed E-state index contributed by atoms with van der Waals surface area (Å²) in [5.74, 6) is 0.399. The van der Waals surface area contributed by atoms with E-state index in [1.165, 1.54) is 0 Å². The van der Waals surface area contributed by atoms with E-state index in [1.807, 2.05) is 20.8 Å². The normalized spacial score (nSPS) is 23.4. The Hall–Kier alpha value is -1.60. The molecule has 0 saturated carbocycles. The Morgan fingerprint density at radius 1 is 1.15 bits per heavy atom. The van der Waals surface area contributed by atoms with E-state index < -0.39 is 16.1 Å². The van der Waals surface area contributed by atoms with Crippen LogP contribution in [-0.4, -0.2) is 55.8 Å². The van der Waals surface area contributed by atoms with Gasteiger partial charge in [0.05, 0.1) is 4.90 Å². The summed E-state index contributed by atoms with van der Waals surface area (Å²) < 4.78 is 33.6. The number of ether oxygens (including phenoxy) is 1. The Morgan fingerprint density at radius 3 is 2.37 bits per heavy atom. The Labute approximate surface area is 162 Å². The summed E-state index contributed by atoms with van der Waals surface area (Å²) in [6.45, 7) is 8.24. The first-order chi connectivity index (χ1) is 12.9. The van der Waals surface area contributed by atoms with Crippen molar-refractivity contribution in [2.75, 3.05) is 26.2 Å². The van der Waals surface area contributed by atoms with E-state index in [4.69, 9.17) is 4.74 Å². The van der Waals surface area contributed by atoms with Gasteiger partial charge >= 0.3 is 0 Å². The van der Waals surface area contributed by atoms with E-state index in [1.54, 1.807) is 27.4 Å². The van der Waals surface area contributed by atoms with Gasteiger partial charge in [-0.15, -0.1) is 0 Å². The van der Waals surface area contributed by atoms with Crippen molar-refractivity contribution in [3.63, 3.8) is 0 Å². The van der Waals surface area contributed by atoms with Gasteiger partial charge in [0.15, 0.2) is 6.10 Å². The predicted molar refractivity (Wildman–Crippen MR) is 104 cm³/mol. The number of sulfonamides is 1. The minimum Gasteiger partial charge on any atom is -0.480 e. The molecule has 2 unspecified atom stereocenters. The summed E-state index contributed by atoms with van der Waals surface area (Å²) in [7, 11) is -3.51. The third kappa shape index (κ3) is 3.85. The molecule has 0 radical (unpaired) electrons. The van der Waals surface area contributed by atoms with E-state index in [9.17, 15) is 13.2 Å². The van der Waals surface area contributed by atoms with Crippen LogP contribution < -0.4 is 4.74 Å². The Morgan fingerprint density at radius 2 is 1.78 bits per heavy atom. The van der Waals surface area contributed by atoms with E-state index in [-0.39, 0.29) is 11.8 Å². The molecule has 1 amide bonds. The fourth-order valence-electron chi connectivity index (χ4n) is 3.96. The summed E-state index contributed by atoms with van der Waals surface area (Å²) in [5, 5.41) is 0. The van der Waals surface area contributed by atoms with Crippen LogP contribution in [0.4, 0.5) is 0 Å². The summed E-state index contributed by atoms with van der Waals surface area (Å²) in [6.07, 6.45) is 3.39. The van der Waals surface area contributed by atoms with Crippen LogP contribution in [0.2, 0.25) is 0 Å². The number of rotatable bonds is 5. The number of nitrogens with zero attached hydrogens (tertiary/aromatic N) is 2. The maximum absolute atomic E-state index is 13.1. The average molecular weight is 395 g/mol. The van der Waals surface area contributed by atoms with Crippen molar-refractivity contribution in [1.82, 2.24) is 9.21 Å². The van der Waals surface area contributed by atoms with Crippen LogP contribution in [0, 0.1) is 0 Å². The summed E-state index contributed by atoms with van der Waals surface area (Å²) in [6, 6.07) is 5.01. The van der Waals surface area contributed by atoms with Crippen molar-refractivity contribution in [2.45, 2.75) is 63.4 Å². The molecule has 7 heteroatoms. The van der Waals surface area contributed by atoms with Crippen molar-refractivity contribution in [2.24, 2.45) is 0 Å². The minimum absolute atomic E-state index is 0.0411. The first-order valence-corrected chi connectivity index (χ1v) is 11.4. The lowest BCUT2D eigenvalue weighted by Gasteiger charge is -2.24. The fraction of sp³-hybridized carbons (Fsp3) is 0.650. The molecule has 1 aromatic rings. The van der Waals surface area contributed by atoms with E-state index in [0.29, 0.717) is 36.8 Å². The topological polar surface area (TPSA) is 66.9 Å². The summed E-state index contributed by atoms with van der Waals surface area (Å²) in [5.41, 5.74) is 0.802. The van der Waals surface area contributed by atoms with Crippen LogP contribution in [0.25, 0.3) is 0 Å². The smallest absolute Gasteiger partial charge is 0.264 e. The van der Waals surface area contributed by atoms with Crippen LogP contribution in [-0.2, 0) is 14.8 Å². The quantitative estimate of drug-likeness (QED) is 0.770. The van der Waals surface area contributed by atoms with E-state index in [2.05, 4.69) is 0 Å². The van der Waals surface area contributed by atoms with Crippen molar-refractivity contribution in [1.29, 1.82) is 0 Å². The van der Waals surface area contributed by atoms with Gasteiger partial charge in [0.2, 0.25) is 10.0 Å². The van der Waals surface area contributed by atoms with Crippen LogP contribution in [0.1, 0.15) is 57.9 Å². The van der Waals surface area contributed by atoms with Crippen molar-refractivity contribution in [3.8, 4) is 5.75 Å². The zero-order valence-corrected chi connectivity index (χ0v) is 17.3. The lowest BCUT2D eigenvalue weighted by molar-refractivity contribution is -0.138. The van der Waals surface area contributed by atoms with Gasteiger partial charge in [-0.05, 0) is 44.9 Å². The zero-order valence-electron chi connectivity index (χ0n) is 16.5. The molecule has 2 aliphatic heterocycles. The maximum atomic E-state index is 13.1. The number of benzene rings is 1. The Kier molecular flexibility index (Phi) is 6.11. The first-order valence-electron chi connectivity index (χ1n) is 9.99. The minimum atomic E-state index is -3.51. The molecule has 150 valence electrons. The number of carbonyl (C=O) groups is 1. The summed E-state index contributed by atoms with van der Waals surface area (Å²) in [4.78, 5) is 14.8. The van der Waals surface area contributed by atoms with Gasteiger partial charge in [0, 0.05) is 37.7 Å². The zero-order chi connectivity index (χ0) is 19.6. The van der Waals surface area contributed by atoms with Crippen LogP contribution in [0.15, 0.2) is 23.1 Å². The molecular weight excluding hydrogens is 364 g/mol. The lowest BCUT2D eigenvalue weighted by Crippen LogP contribution is -2.42. The molecule has 0 bridgehead atoms. The molecule has 0 N–H and O–H groups in total. The Bertz CT molecular complexity index is 781. The third-order valence-corrected chi connectivity index (χ3v) is 7.60. The molecule has 0 aliphatic carbocycles. The molecule has 1 fully saturated rings. The summed E-state index contributed by atoms with van der Waals surface area (Å²) >= 11 is 0. The van der Waals surface area contributed by atoms with Crippen LogP contribution >= 0.6 is 0 Å². The van der Waals surface area contributed by atoms with Gasteiger partial charge in [-0.2, -0.15) is 4.31 Å². The molecule has 1 aromatic carbocycles. The molecule has 2 heterocycles. The molecule has 3 rings (SSSR count). The van der Waals surface area contributed by atoms with E-state index >= 15 is 0 Å². The molecule has 0 aromatic heterocycles. The standard InChI is InChI=1S/C20H30N2O4S/c1-4-21(5-2)20(23)19-15(3)17-14-16(10-11-18(17)26-19)27(24,25)22-12-8-6-7-9-13-22/h10-11,14-15,19H,4-9,12-13H2,1-3H3. The number of hydrogen-bond acceptors (Lipinski definition) is 4. The number of hydrogen-bond donors (Lipinski definition) is 0. The molecule has 27 heavy (non-hydrogen) atoms. The van der Waals surface area contributed by atoms with Gasteiger partial charge in [0.25, 0.3) is 5.91 Å².